The Balaban J connectivity index is 0.00000162. The van der Waals surface area contributed by atoms with Gasteiger partial charge in [0.1, 0.15) is 5.75 Å². The van der Waals surface area contributed by atoms with Crippen LogP contribution in [0.1, 0.15) is 12.5 Å². The number of rotatable bonds is 5. The molecule has 0 aliphatic rings. The number of hydrogen-bond donors (Lipinski definition) is 1. The van der Waals surface area contributed by atoms with Gasteiger partial charge < -0.3 is 10.1 Å². The van der Waals surface area contributed by atoms with E-state index in [1.807, 2.05) is 38.5 Å². The quantitative estimate of drug-likeness (QED) is 0.905. The number of aryl methyl sites for hydroxylation is 1. The average molecular weight is 268 g/mol. The first-order chi connectivity index (χ1) is 8.28. The summed E-state index contributed by atoms with van der Waals surface area (Å²) in [6.07, 6.45) is 3.77. The molecule has 98 valence electrons. The lowest BCUT2D eigenvalue weighted by Gasteiger charge is -2.06. The van der Waals surface area contributed by atoms with Crippen LogP contribution in [-0.4, -0.2) is 16.4 Å². The molecule has 0 atom stereocenters. The minimum absolute atomic E-state index is 0. The van der Waals surface area contributed by atoms with E-state index in [1.54, 1.807) is 4.68 Å². The number of benzene rings is 1. The fraction of sp³-hybridized carbons (Fsp3) is 0.308. The van der Waals surface area contributed by atoms with Gasteiger partial charge in [-0.25, -0.2) is 0 Å². The topological polar surface area (TPSA) is 39.1 Å². The maximum Gasteiger partial charge on any atom is 0.119 e. The van der Waals surface area contributed by atoms with E-state index in [1.165, 1.54) is 5.56 Å². The fourth-order valence-electron chi connectivity index (χ4n) is 1.59. The third-order valence-corrected chi connectivity index (χ3v) is 2.44. The van der Waals surface area contributed by atoms with E-state index in [2.05, 4.69) is 22.5 Å². The van der Waals surface area contributed by atoms with E-state index in [-0.39, 0.29) is 12.4 Å². The summed E-state index contributed by atoms with van der Waals surface area (Å²) in [4.78, 5) is 0. The third kappa shape index (κ3) is 3.96. The predicted octanol–water partition coefficient (Wildman–Crippen LogP) is 2.85. The molecule has 0 unspecified atom stereocenters. The Labute approximate surface area is 113 Å². The lowest BCUT2D eigenvalue weighted by atomic mass is 10.2. The molecule has 0 bridgehead atoms. The molecule has 0 fully saturated rings. The van der Waals surface area contributed by atoms with Crippen LogP contribution in [0.25, 0.3) is 0 Å². The summed E-state index contributed by atoms with van der Waals surface area (Å²) in [5.41, 5.74) is 2.25. The van der Waals surface area contributed by atoms with Crippen LogP contribution in [-0.2, 0) is 13.6 Å². The molecule has 1 aromatic carbocycles. The van der Waals surface area contributed by atoms with Crippen LogP contribution in [0.5, 0.6) is 5.75 Å². The second kappa shape index (κ2) is 6.91. The standard InChI is InChI=1S/C13H17N3O.ClH/c1-3-17-13-6-4-11(5-7-13)8-14-12-9-15-16(2)10-12;/h4-7,9-10,14H,3,8H2,1-2H3;1H. The van der Waals surface area contributed by atoms with Gasteiger partial charge in [-0.1, -0.05) is 12.1 Å². The Morgan fingerprint density at radius 3 is 2.56 bits per heavy atom. The first-order valence-corrected chi connectivity index (χ1v) is 5.72. The molecular formula is C13H18ClN3O. The van der Waals surface area contributed by atoms with Crippen LogP contribution in [0.3, 0.4) is 0 Å². The average Bonchev–Trinajstić information content (AvgIpc) is 2.75. The number of nitrogens with zero attached hydrogens (tertiary/aromatic N) is 2. The van der Waals surface area contributed by atoms with Gasteiger partial charge in [-0.3, -0.25) is 4.68 Å². The molecule has 0 aliphatic heterocycles. The number of aromatic nitrogens is 2. The molecule has 0 saturated carbocycles. The summed E-state index contributed by atoms with van der Waals surface area (Å²) in [5, 5.41) is 7.41. The van der Waals surface area contributed by atoms with E-state index in [4.69, 9.17) is 4.74 Å². The lowest BCUT2D eigenvalue weighted by Crippen LogP contribution is -1.98. The van der Waals surface area contributed by atoms with Crippen molar-refractivity contribution in [2.45, 2.75) is 13.5 Å². The van der Waals surface area contributed by atoms with Gasteiger partial charge in [0, 0.05) is 19.8 Å². The minimum atomic E-state index is 0. The normalized spacial score (nSPS) is 9.67. The highest BCUT2D eigenvalue weighted by atomic mass is 35.5. The smallest absolute Gasteiger partial charge is 0.119 e. The summed E-state index contributed by atoms with van der Waals surface area (Å²) in [6, 6.07) is 8.11. The Kier molecular flexibility index (Phi) is 5.52. The van der Waals surface area contributed by atoms with Crippen LogP contribution in [0.15, 0.2) is 36.7 Å². The second-order valence-corrected chi connectivity index (χ2v) is 3.83. The lowest BCUT2D eigenvalue weighted by molar-refractivity contribution is 0.340. The maximum atomic E-state index is 5.39. The van der Waals surface area contributed by atoms with Crippen molar-refractivity contribution in [2.24, 2.45) is 7.05 Å². The fourth-order valence-corrected chi connectivity index (χ4v) is 1.59. The zero-order valence-corrected chi connectivity index (χ0v) is 11.4. The third-order valence-electron chi connectivity index (χ3n) is 2.44. The molecule has 1 heterocycles. The molecule has 4 nitrogen and oxygen atoms in total. The van der Waals surface area contributed by atoms with Crippen molar-refractivity contribution in [1.29, 1.82) is 0 Å². The molecule has 5 heteroatoms. The molecule has 18 heavy (non-hydrogen) atoms. The van der Waals surface area contributed by atoms with Gasteiger partial charge in [-0.05, 0) is 24.6 Å². The van der Waals surface area contributed by atoms with Crippen molar-refractivity contribution in [3.05, 3.63) is 42.2 Å². The van der Waals surface area contributed by atoms with E-state index in [9.17, 15) is 0 Å². The Hall–Kier alpha value is -1.68. The summed E-state index contributed by atoms with van der Waals surface area (Å²) in [5.74, 6) is 0.914. The van der Waals surface area contributed by atoms with Crippen molar-refractivity contribution in [1.82, 2.24) is 9.78 Å². The van der Waals surface area contributed by atoms with Gasteiger partial charge in [0.25, 0.3) is 0 Å². The molecule has 0 spiro atoms. The molecular weight excluding hydrogens is 250 g/mol. The van der Waals surface area contributed by atoms with Crippen molar-refractivity contribution in [3.8, 4) is 5.75 Å². The number of ether oxygens (including phenoxy) is 1. The van der Waals surface area contributed by atoms with E-state index in [0.717, 1.165) is 18.0 Å². The number of halogens is 1. The number of anilines is 1. The monoisotopic (exact) mass is 267 g/mol. The van der Waals surface area contributed by atoms with Gasteiger partial charge in [0.2, 0.25) is 0 Å². The summed E-state index contributed by atoms with van der Waals surface area (Å²) < 4.78 is 7.17. The molecule has 0 radical (unpaired) electrons. The highest BCUT2D eigenvalue weighted by molar-refractivity contribution is 5.85. The molecule has 1 N–H and O–H groups in total. The summed E-state index contributed by atoms with van der Waals surface area (Å²) in [7, 11) is 1.90. The van der Waals surface area contributed by atoms with Crippen molar-refractivity contribution in [2.75, 3.05) is 11.9 Å². The van der Waals surface area contributed by atoms with Crippen LogP contribution >= 0.6 is 12.4 Å². The summed E-state index contributed by atoms with van der Waals surface area (Å²) >= 11 is 0. The Morgan fingerprint density at radius 1 is 1.28 bits per heavy atom. The second-order valence-electron chi connectivity index (χ2n) is 3.83. The highest BCUT2D eigenvalue weighted by Gasteiger charge is 1.97. The van der Waals surface area contributed by atoms with E-state index >= 15 is 0 Å². The van der Waals surface area contributed by atoms with E-state index in [0.29, 0.717) is 6.61 Å². The molecule has 0 amide bonds. The zero-order valence-electron chi connectivity index (χ0n) is 10.6. The van der Waals surface area contributed by atoms with Crippen LogP contribution < -0.4 is 10.1 Å². The number of hydrogen-bond acceptors (Lipinski definition) is 3. The largest absolute Gasteiger partial charge is 0.494 e. The highest BCUT2D eigenvalue weighted by Crippen LogP contribution is 2.13. The molecule has 0 saturated heterocycles. The van der Waals surface area contributed by atoms with Gasteiger partial charge in [-0.15, -0.1) is 12.4 Å². The SMILES string of the molecule is CCOc1ccc(CNc2cnn(C)c2)cc1.Cl. The first-order valence-electron chi connectivity index (χ1n) is 5.72. The van der Waals surface area contributed by atoms with Gasteiger partial charge >= 0.3 is 0 Å². The molecule has 2 rings (SSSR count). The molecule has 1 aromatic heterocycles. The molecule has 0 aliphatic carbocycles. The molecule has 2 aromatic rings. The Bertz CT molecular complexity index is 467. The minimum Gasteiger partial charge on any atom is -0.494 e. The van der Waals surface area contributed by atoms with Gasteiger partial charge in [-0.2, -0.15) is 5.10 Å². The van der Waals surface area contributed by atoms with Crippen LogP contribution in [0, 0.1) is 0 Å². The van der Waals surface area contributed by atoms with Crippen LogP contribution in [0.4, 0.5) is 5.69 Å². The van der Waals surface area contributed by atoms with Crippen molar-refractivity contribution < 1.29 is 4.74 Å². The Morgan fingerprint density at radius 2 is 2.00 bits per heavy atom. The maximum absolute atomic E-state index is 5.39. The first kappa shape index (κ1) is 14.4. The predicted molar refractivity (Wildman–Crippen MR) is 75.4 cm³/mol. The summed E-state index contributed by atoms with van der Waals surface area (Å²) in [6.45, 7) is 3.48. The van der Waals surface area contributed by atoms with Gasteiger partial charge in [0.05, 0.1) is 18.5 Å². The van der Waals surface area contributed by atoms with Crippen molar-refractivity contribution in [3.63, 3.8) is 0 Å². The number of nitrogens with one attached hydrogen (secondary N) is 1. The zero-order chi connectivity index (χ0) is 12.1. The van der Waals surface area contributed by atoms with Crippen LogP contribution in [0.2, 0.25) is 0 Å². The van der Waals surface area contributed by atoms with E-state index < -0.39 is 0 Å². The van der Waals surface area contributed by atoms with Crippen molar-refractivity contribution >= 4 is 18.1 Å². The van der Waals surface area contributed by atoms with Gasteiger partial charge in [0.15, 0.2) is 0 Å².